The topological polar surface area (TPSA) is 49.3 Å². The summed E-state index contributed by atoms with van der Waals surface area (Å²) in [4.78, 5) is 11.4. The van der Waals surface area contributed by atoms with E-state index in [9.17, 15) is 4.79 Å². The summed E-state index contributed by atoms with van der Waals surface area (Å²) in [5.74, 6) is 1.14. The third kappa shape index (κ3) is 5.39. The molecular formula is C11H14ClNO2S. The SMILES string of the molecule is O=C(CSCCCO)Nc1cccc(Cl)c1. The van der Waals surface area contributed by atoms with Gasteiger partial charge in [-0.1, -0.05) is 17.7 Å². The van der Waals surface area contributed by atoms with Crippen molar-refractivity contribution in [2.45, 2.75) is 6.42 Å². The number of thioether (sulfide) groups is 1. The molecule has 5 heteroatoms. The lowest BCUT2D eigenvalue weighted by Gasteiger charge is -2.04. The Balaban J connectivity index is 2.29. The van der Waals surface area contributed by atoms with Crippen LogP contribution in [0.2, 0.25) is 5.02 Å². The van der Waals surface area contributed by atoms with Crippen LogP contribution in [0.15, 0.2) is 24.3 Å². The van der Waals surface area contributed by atoms with E-state index in [0.717, 1.165) is 12.2 Å². The van der Waals surface area contributed by atoms with Crippen molar-refractivity contribution in [3.8, 4) is 0 Å². The summed E-state index contributed by atoms with van der Waals surface area (Å²) in [6, 6.07) is 7.05. The molecule has 0 heterocycles. The van der Waals surface area contributed by atoms with Crippen LogP contribution >= 0.6 is 23.4 Å². The van der Waals surface area contributed by atoms with E-state index in [-0.39, 0.29) is 12.5 Å². The maximum atomic E-state index is 11.4. The van der Waals surface area contributed by atoms with Gasteiger partial charge in [0.2, 0.25) is 5.91 Å². The Kier molecular flexibility index (Phi) is 6.30. The van der Waals surface area contributed by atoms with Crippen LogP contribution in [0.25, 0.3) is 0 Å². The lowest BCUT2D eigenvalue weighted by Crippen LogP contribution is -2.14. The summed E-state index contributed by atoms with van der Waals surface area (Å²) in [6.45, 7) is 0.170. The predicted octanol–water partition coefficient (Wildman–Crippen LogP) is 2.39. The summed E-state index contributed by atoms with van der Waals surface area (Å²) >= 11 is 7.29. The third-order valence-corrected chi connectivity index (χ3v) is 3.07. The molecule has 16 heavy (non-hydrogen) atoms. The second-order valence-corrected chi connectivity index (χ2v) is 4.73. The summed E-state index contributed by atoms with van der Waals surface area (Å²) in [5.41, 5.74) is 0.709. The molecule has 0 unspecified atom stereocenters. The average Bonchev–Trinajstić information content (AvgIpc) is 2.24. The van der Waals surface area contributed by atoms with Gasteiger partial charge in [0, 0.05) is 17.3 Å². The molecule has 3 nitrogen and oxygen atoms in total. The number of aliphatic hydroxyl groups excluding tert-OH is 1. The summed E-state index contributed by atoms with van der Waals surface area (Å²) in [6.07, 6.45) is 0.717. The van der Waals surface area contributed by atoms with Gasteiger partial charge in [-0.05, 0) is 30.4 Å². The lowest BCUT2D eigenvalue weighted by molar-refractivity contribution is -0.113. The molecule has 1 aromatic rings. The molecule has 0 saturated carbocycles. The van der Waals surface area contributed by atoms with Crippen LogP contribution in [0.4, 0.5) is 5.69 Å². The second-order valence-electron chi connectivity index (χ2n) is 3.19. The number of hydrogen-bond donors (Lipinski definition) is 2. The van der Waals surface area contributed by atoms with Crippen molar-refractivity contribution in [1.82, 2.24) is 0 Å². The van der Waals surface area contributed by atoms with E-state index in [1.54, 1.807) is 24.3 Å². The first-order valence-electron chi connectivity index (χ1n) is 4.96. The van der Waals surface area contributed by atoms with Crippen LogP contribution in [0.1, 0.15) is 6.42 Å². The minimum atomic E-state index is -0.0507. The molecule has 0 fully saturated rings. The Morgan fingerprint density at radius 2 is 2.31 bits per heavy atom. The fraction of sp³-hybridized carbons (Fsp3) is 0.364. The fourth-order valence-electron chi connectivity index (χ4n) is 1.09. The zero-order chi connectivity index (χ0) is 11.8. The van der Waals surface area contributed by atoms with Gasteiger partial charge < -0.3 is 10.4 Å². The molecule has 88 valence electrons. The Hall–Kier alpha value is -0.710. The molecule has 0 spiro atoms. The number of rotatable bonds is 6. The largest absolute Gasteiger partial charge is 0.396 e. The van der Waals surface area contributed by atoms with E-state index in [4.69, 9.17) is 16.7 Å². The number of aliphatic hydroxyl groups is 1. The minimum absolute atomic E-state index is 0.0507. The summed E-state index contributed by atoms with van der Waals surface area (Å²) < 4.78 is 0. The van der Waals surface area contributed by atoms with Crippen LogP contribution < -0.4 is 5.32 Å². The number of nitrogens with one attached hydrogen (secondary N) is 1. The first-order chi connectivity index (χ1) is 7.72. The van der Waals surface area contributed by atoms with Crippen molar-refractivity contribution >= 4 is 35.0 Å². The first kappa shape index (κ1) is 13.4. The van der Waals surface area contributed by atoms with Gasteiger partial charge in [-0.25, -0.2) is 0 Å². The smallest absolute Gasteiger partial charge is 0.234 e. The number of benzene rings is 1. The number of hydrogen-bond acceptors (Lipinski definition) is 3. The Morgan fingerprint density at radius 3 is 3.00 bits per heavy atom. The van der Waals surface area contributed by atoms with E-state index in [1.807, 2.05) is 0 Å². The Labute approximate surface area is 104 Å². The monoisotopic (exact) mass is 259 g/mol. The quantitative estimate of drug-likeness (QED) is 0.772. The number of anilines is 1. The molecule has 0 atom stereocenters. The van der Waals surface area contributed by atoms with E-state index >= 15 is 0 Å². The maximum absolute atomic E-state index is 11.4. The highest BCUT2D eigenvalue weighted by Gasteiger charge is 2.02. The van der Waals surface area contributed by atoms with E-state index in [0.29, 0.717) is 16.5 Å². The molecule has 1 rings (SSSR count). The van der Waals surface area contributed by atoms with Gasteiger partial charge >= 0.3 is 0 Å². The van der Waals surface area contributed by atoms with Crippen molar-refractivity contribution < 1.29 is 9.90 Å². The van der Waals surface area contributed by atoms with E-state index in [2.05, 4.69) is 5.32 Å². The van der Waals surface area contributed by atoms with Crippen LogP contribution in [0, 0.1) is 0 Å². The summed E-state index contributed by atoms with van der Waals surface area (Å²) in [5, 5.41) is 11.9. The average molecular weight is 260 g/mol. The lowest BCUT2D eigenvalue weighted by atomic mass is 10.3. The van der Waals surface area contributed by atoms with Gasteiger partial charge in [0.1, 0.15) is 0 Å². The van der Waals surface area contributed by atoms with Crippen molar-refractivity contribution in [2.24, 2.45) is 0 Å². The highest BCUT2D eigenvalue weighted by atomic mass is 35.5. The number of amides is 1. The van der Waals surface area contributed by atoms with Crippen LogP contribution in [-0.4, -0.2) is 29.1 Å². The molecule has 1 amide bonds. The second kappa shape index (κ2) is 7.54. The third-order valence-electron chi connectivity index (χ3n) is 1.79. The molecule has 0 aromatic heterocycles. The van der Waals surface area contributed by atoms with Gasteiger partial charge in [-0.2, -0.15) is 11.8 Å². The molecular weight excluding hydrogens is 246 g/mol. The zero-order valence-electron chi connectivity index (χ0n) is 8.78. The van der Waals surface area contributed by atoms with E-state index in [1.165, 1.54) is 11.8 Å². The molecule has 0 saturated heterocycles. The standard InChI is InChI=1S/C11H14ClNO2S/c12-9-3-1-4-10(7-9)13-11(15)8-16-6-2-5-14/h1,3-4,7,14H,2,5-6,8H2,(H,13,15). The molecule has 0 aliphatic heterocycles. The molecule has 0 aliphatic carbocycles. The minimum Gasteiger partial charge on any atom is -0.396 e. The molecule has 1 aromatic carbocycles. The number of halogens is 1. The maximum Gasteiger partial charge on any atom is 0.234 e. The van der Waals surface area contributed by atoms with Gasteiger partial charge in [0.15, 0.2) is 0 Å². The van der Waals surface area contributed by atoms with Crippen LogP contribution in [-0.2, 0) is 4.79 Å². The molecule has 2 N–H and O–H groups in total. The van der Waals surface area contributed by atoms with Gasteiger partial charge in [-0.15, -0.1) is 0 Å². The number of carbonyl (C=O) groups excluding carboxylic acids is 1. The highest BCUT2D eigenvalue weighted by Crippen LogP contribution is 2.15. The normalized spacial score (nSPS) is 10.1. The van der Waals surface area contributed by atoms with Crippen LogP contribution in [0.5, 0.6) is 0 Å². The fourth-order valence-corrected chi connectivity index (χ4v) is 2.02. The first-order valence-corrected chi connectivity index (χ1v) is 6.49. The van der Waals surface area contributed by atoms with Gasteiger partial charge in [0.25, 0.3) is 0 Å². The molecule has 0 bridgehead atoms. The summed E-state index contributed by atoms with van der Waals surface area (Å²) in [7, 11) is 0. The van der Waals surface area contributed by atoms with Gasteiger partial charge in [0.05, 0.1) is 5.75 Å². The molecule has 0 radical (unpaired) electrons. The number of carbonyl (C=O) groups is 1. The van der Waals surface area contributed by atoms with Crippen molar-refractivity contribution in [3.63, 3.8) is 0 Å². The van der Waals surface area contributed by atoms with Gasteiger partial charge in [-0.3, -0.25) is 4.79 Å². The van der Waals surface area contributed by atoms with E-state index < -0.39 is 0 Å². The predicted molar refractivity (Wildman–Crippen MR) is 69.1 cm³/mol. The van der Waals surface area contributed by atoms with Crippen LogP contribution in [0.3, 0.4) is 0 Å². The Morgan fingerprint density at radius 1 is 1.50 bits per heavy atom. The highest BCUT2D eigenvalue weighted by molar-refractivity contribution is 7.99. The van der Waals surface area contributed by atoms with Crippen molar-refractivity contribution in [3.05, 3.63) is 29.3 Å². The Bertz CT molecular complexity index is 347. The zero-order valence-corrected chi connectivity index (χ0v) is 10.4. The van der Waals surface area contributed by atoms with Crippen molar-refractivity contribution in [2.75, 3.05) is 23.4 Å². The van der Waals surface area contributed by atoms with Crippen molar-refractivity contribution in [1.29, 1.82) is 0 Å². The molecule has 0 aliphatic rings.